The maximum atomic E-state index is 13.6. The minimum absolute atomic E-state index is 0.0280. The second-order valence-corrected chi connectivity index (χ2v) is 10.2. The number of rotatable bonds is 11. The number of sulfonamides is 1. The number of anilines is 1. The normalized spacial score (nSPS) is 13.1. The third kappa shape index (κ3) is 7.32. The van der Waals surface area contributed by atoms with Crippen LogP contribution in [-0.4, -0.2) is 50.0 Å². The molecule has 8 heteroatoms. The maximum absolute atomic E-state index is 13.6. The van der Waals surface area contributed by atoms with E-state index >= 15 is 0 Å². The standard InChI is InChI=1S/C25H35N3O4S/c1-6-20(4)26-25(30)22(7-2)27(17-21-14-9-8-10-15-21)24(29)18-28(33(5,31)32)23-16-12-11-13-19(23)3/h8-16,20,22H,6-7,17-18H2,1-5H3,(H,26,30)/t20-,22-/m1/s1. The average molecular weight is 474 g/mol. The summed E-state index contributed by atoms with van der Waals surface area (Å²) in [6.07, 6.45) is 2.26. The van der Waals surface area contributed by atoms with Gasteiger partial charge in [-0.25, -0.2) is 8.42 Å². The summed E-state index contributed by atoms with van der Waals surface area (Å²) in [6.45, 7) is 7.36. The van der Waals surface area contributed by atoms with E-state index in [0.29, 0.717) is 12.1 Å². The third-order valence-electron chi connectivity index (χ3n) is 5.65. The Kier molecular flexibility index (Phi) is 9.46. The Bertz CT molecular complexity index is 1040. The number of nitrogens with one attached hydrogen (secondary N) is 1. The minimum atomic E-state index is -3.73. The van der Waals surface area contributed by atoms with Gasteiger partial charge in [0.05, 0.1) is 11.9 Å². The highest BCUT2D eigenvalue weighted by molar-refractivity contribution is 7.92. The van der Waals surface area contributed by atoms with Crippen molar-refractivity contribution in [1.82, 2.24) is 10.2 Å². The summed E-state index contributed by atoms with van der Waals surface area (Å²) in [7, 11) is -3.73. The molecule has 0 spiro atoms. The zero-order valence-electron chi connectivity index (χ0n) is 20.1. The largest absolute Gasteiger partial charge is 0.352 e. The van der Waals surface area contributed by atoms with Crippen LogP contribution in [0.25, 0.3) is 0 Å². The van der Waals surface area contributed by atoms with E-state index in [0.717, 1.165) is 28.1 Å². The Labute approximate surface area is 197 Å². The zero-order chi connectivity index (χ0) is 24.6. The van der Waals surface area contributed by atoms with Crippen LogP contribution < -0.4 is 9.62 Å². The van der Waals surface area contributed by atoms with Crippen LogP contribution in [0.3, 0.4) is 0 Å². The molecule has 33 heavy (non-hydrogen) atoms. The number of carbonyl (C=O) groups excluding carboxylic acids is 2. The summed E-state index contributed by atoms with van der Waals surface area (Å²) >= 11 is 0. The first kappa shape index (κ1) is 26.4. The van der Waals surface area contributed by atoms with E-state index in [4.69, 9.17) is 0 Å². The second-order valence-electron chi connectivity index (χ2n) is 8.31. The van der Waals surface area contributed by atoms with Crippen molar-refractivity contribution >= 4 is 27.5 Å². The second kappa shape index (κ2) is 11.8. The molecule has 2 rings (SSSR count). The molecule has 0 fully saturated rings. The van der Waals surface area contributed by atoms with E-state index in [2.05, 4.69) is 5.32 Å². The highest BCUT2D eigenvalue weighted by atomic mass is 32.2. The predicted molar refractivity (Wildman–Crippen MR) is 132 cm³/mol. The summed E-state index contributed by atoms with van der Waals surface area (Å²) in [4.78, 5) is 28.1. The molecule has 0 radical (unpaired) electrons. The van der Waals surface area contributed by atoms with Crippen molar-refractivity contribution in [3.8, 4) is 0 Å². The summed E-state index contributed by atoms with van der Waals surface area (Å²) in [5, 5.41) is 2.96. The fraction of sp³-hybridized carbons (Fsp3) is 0.440. The monoisotopic (exact) mass is 473 g/mol. The third-order valence-corrected chi connectivity index (χ3v) is 6.77. The van der Waals surface area contributed by atoms with Gasteiger partial charge >= 0.3 is 0 Å². The molecular weight excluding hydrogens is 438 g/mol. The Balaban J connectivity index is 2.42. The lowest BCUT2D eigenvalue weighted by Gasteiger charge is -2.33. The molecular formula is C25H35N3O4S. The molecule has 2 amide bonds. The van der Waals surface area contributed by atoms with Gasteiger partial charge in [0.1, 0.15) is 12.6 Å². The van der Waals surface area contributed by atoms with Crippen molar-refractivity contribution in [3.63, 3.8) is 0 Å². The number of carbonyl (C=O) groups is 2. The van der Waals surface area contributed by atoms with Gasteiger partial charge in [-0.2, -0.15) is 0 Å². The van der Waals surface area contributed by atoms with Crippen molar-refractivity contribution in [1.29, 1.82) is 0 Å². The lowest BCUT2D eigenvalue weighted by molar-refractivity contribution is -0.140. The van der Waals surface area contributed by atoms with E-state index in [1.807, 2.05) is 57.2 Å². The zero-order valence-corrected chi connectivity index (χ0v) is 20.9. The molecule has 0 unspecified atom stereocenters. The molecule has 0 aliphatic carbocycles. The molecule has 0 saturated carbocycles. The van der Waals surface area contributed by atoms with Crippen molar-refractivity contribution in [2.24, 2.45) is 0 Å². The van der Waals surface area contributed by atoms with E-state index in [1.54, 1.807) is 25.1 Å². The molecule has 2 aromatic carbocycles. The van der Waals surface area contributed by atoms with E-state index < -0.39 is 22.0 Å². The molecule has 1 N–H and O–H groups in total. The van der Waals surface area contributed by atoms with Gasteiger partial charge in [0.25, 0.3) is 0 Å². The highest BCUT2D eigenvalue weighted by Crippen LogP contribution is 2.23. The molecule has 0 saturated heterocycles. The van der Waals surface area contributed by atoms with Crippen molar-refractivity contribution < 1.29 is 18.0 Å². The van der Waals surface area contributed by atoms with Crippen LogP contribution >= 0.6 is 0 Å². The van der Waals surface area contributed by atoms with Crippen molar-refractivity contribution in [2.45, 2.75) is 59.2 Å². The molecule has 0 heterocycles. The van der Waals surface area contributed by atoms with Gasteiger partial charge in [0, 0.05) is 12.6 Å². The van der Waals surface area contributed by atoms with E-state index in [9.17, 15) is 18.0 Å². The summed E-state index contributed by atoms with van der Waals surface area (Å²) in [5.74, 6) is -0.670. The average Bonchev–Trinajstić information content (AvgIpc) is 2.77. The van der Waals surface area contributed by atoms with Gasteiger partial charge in [-0.3, -0.25) is 13.9 Å². The van der Waals surface area contributed by atoms with Crippen LogP contribution in [0, 0.1) is 6.92 Å². The molecule has 180 valence electrons. The first-order valence-electron chi connectivity index (χ1n) is 11.3. The number of aryl methyl sites for hydroxylation is 1. The molecule has 7 nitrogen and oxygen atoms in total. The van der Waals surface area contributed by atoms with Crippen LogP contribution in [0.2, 0.25) is 0 Å². The van der Waals surface area contributed by atoms with Gasteiger partial charge in [-0.15, -0.1) is 0 Å². The van der Waals surface area contributed by atoms with Crippen LogP contribution in [0.1, 0.15) is 44.7 Å². The van der Waals surface area contributed by atoms with Gasteiger partial charge in [0.15, 0.2) is 0 Å². The summed E-state index contributed by atoms with van der Waals surface area (Å²) < 4.78 is 26.4. The maximum Gasteiger partial charge on any atom is 0.244 e. The Morgan fingerprint density at radius 2 is 1.58 bits per heavy atom. The van der Waals surface area contributed by atoms with Crippen LogP contribution in [-0.2, 0) is 26.2 Å². The number of hydrogen-bond acceptors (Lipinski definition) is 4. The van der Waals surface area contributed by atoms with E-state index in [-0.39, 0.29) is 25.0 Å². The molecule has 2 aromatic rings. The van der Waals surface area contributed by atoms with Crippen LogP contribution in [0.4, 0.5) is 5.69 Å². The Hall–Kier alpha value is -2.87. The van der Waals surface area contributed by atoms with Gasteiger partial charge in [-0.1, -0.05) is 62.4 Å². The van der Waals surface area contributed by atoms with Crippen molar-refractivity contribution in [2.75, 3.05) is 17.1 Å². The molecule has 0 aromatic heterocycles. The van der Waals surface area contributed by atoms with E-state index in [1.165, 1.54) is 4.90 Å². The fourth-order valence-corrected chi connectivity index (χ4v) is 4.49. The quantitative estimate of drug-likeness (QED) is 0.541. The molecule has 0 bridgehead atoms. The fourth-order valence-electron chi connectivity index (χ4n) is 3.58. The van der Waals surface area contributed by atoms with Crippen LogP contribution in [0.5, 0.6) is 0 Å². The number of benzene rings is 2. The number of para-hydroxylation sites is 1. The predicted octanol–water partition coefficient (Wildman–Crippen LogP) is 3.48. The first-order chi connectivity index (χ1) is 15.6. The SMILES string of the molecule is CC[C@@H](C)NC(=O)[C@@H](CC)N(Cc1ccccc1)C(=O)CN(c1ccccc1C)S(C)(=O)=O. The topological polar surface area (TPSA) is 86.8 Å². The van der Waals surface area contributed by atoms with Gasteiger partial charge < -0.3 is 10.2 Å². The molecule has 2 atom stereocenters. The van der Waals surface area contributed by atoms with Gasteiger partial charge in [-0.05, 0) is 43.9 Å². The summed E-state index contributed by atoms with van der Waals surface area (Å²) in [6, 6.07) is 15.7. The summed E-state index contributed by atoms with van der Waals surface area (Å²) in [5.41, 5.74) is 2.06. The Morgan fingerprint density at radius 1 is 0.970 bits per heavy atom. The highest BCUT2D eigenvalue weighted by Gasteiger charge is 2.32. The number of hydrogen-bond donors (Lipinski definition) is 1. The lowest BCUT2D eigenvalue weighted by Crippen LogP contribution is -2.53. The lowest BCUT2D eigenvalue weighted by atomic mass is 10.1. The Morgan fingerprint density at radius 3 is 2.12 bits per heavy atom. The smallest absolute Gasteiger partial charge is 0.244 e. The van der Waals surface area contributed by atoms with Gasteiger partial charge in [0.2, 0.25) is 21.8 Å². The minimum Gasteiger partial charge on any atom is -0.352 e. The number of nitrogens with zero attached hydrogens (tertiary/aromatic N) is 2. The molecule has 0 aliphatic rings. The first-order valence-corrected chi connectivity index (χ1v) is 13.1. The molecule has 0 aliphatic heterocycles. The number of amides is 2. The van der Waals surface area contributed by atoms with Crippen molar-refractivity contribution in [3.05, 3.63) is 65.7 Å². The van der Waals surface area contributed by atoms with Crippen LogP contribution in [0.15, 0.2) is 54.6 Å².